The number of aromatic nitrogens is 1. The van der Waals surface area contributed by atoms with Gasteiger partial charge in [0.05, 0.1) is 32.6 Å². The minimum absolute atomic E-state index is 0.0362. The monoisotopic (exact) mass is 343 g/mol. The summed E-state index contributed by atoms with van der Waals surface area (Å²) in [5.74, 6) is -0.332. The topological polar surface area (TPSA) is 50.9 Å². The minimum atomic E-state index is -0.332. The number of nitrogens with two attached hydrogens (primary N) is 1. The lowest BCUT2D eigenvalue weighted by Crippen LogP contribution is -2.08. The summed E-state index contributed by atoms with van der Waals surface area (Å²) in [6, 6.07) is 3.00. The minimum Gasteiger partial charge on any atom is -0.397 e. The zero-order valence-electron chi connectivity index (χ0n) is 10.9. The van der Waals surface area contributed by atoms with Gasteiger partial charge in [-0.05, 0) is 42.8 Å². The first-order valence-electron chi connectivity index (χ1n) is 5.83. The molecule has 0 aliphatic carbocycles. The van der Waals surface area contributed by atoms with Gasteiger partial charge in [-0.15, -0.1) is 11.3 Å². The molecule has 6 heteroatoms. The zero-order chi connectivity index (χ0) is 14.2. The summed E-state index contributed by atoms with van der Waals surface area (Å²) in [6.07, 6.45) is 0. The number of rotatable bonds is 3. The Morgan fingerprint density at radius 3 is 2.68 bits per heavy atom. The summed E-state index contributed by atoms with van der Waals surface area (Å²) in [5.41, 5.74) is 8.00. The number of aryl methyl sites for hydroxylation is 2. The van der Waals surface area contributed by atoms with E-state index in [2.05, 4.69) is 26.2 Å². The highest BCUT2D eigenvalue weighted by Crippen LogP contribution is 2.32. The number of halogens is 2. The van der Waals surface area contributed by atoms with E-state index in [1.807, 2.05) is 20.8 Å². The second-order valence-corrected chi connectivity index (χ2v) is 6.49. The fourth-order valence-corrected chi connectivity index (χ4v) is 3.23. The Labute approximate surface area is 124 Å². The van der Waals surface area contributed by atoms with Gasteiger partial charge in [0.25, 0.3) is 0 Å². The van der Waals surface area contributed by atoms with E-state index in [9.17, 15) is 4.39 Å². The van der Waals surface area contributed by atoms with E-state index in [1.54, 1.807) is 17.4 Å². The van der Waals surface area contributed by atoms with Gasteiger partial charge in [-0.2, -0.15) is 0 Å². The highest BCUT2D eigenvalue weighted by atomic mass is 79.9. The predicted octanol–water partition coefficient (Wildman–Crippen LogP) is 4.42. The Morgan fingerprint density at radius 1 is 1.42 bits per heavy atom. The summed E-state index contributed by atoms with van der Waals surface area (Å²) >= 11 is 4.75. The van der Waals surface area contributed by atoms with Gasteiger partial charge >= 0.3 is 0 Å². The molecule has 3 N–H and O–H groups in total. The van der Waals surface area contributed by atoms with Crippen LogP contribution in [-0.2, 0) is 0 Å². The average Bonchev–Trinajstić information content (AvgIpc) is 2.65. The van der Waals surface area contributed by atoms with Gasteiger partial charge < -0.3 is 11.1 Å². The van der Waals surface area contributed by atoms with E-state index >= 15 is 0 Å². The standard InChI is InChI=1S/C13H15BrFN3S/c1-6-13(19-8(3)17-6)7(2)18-12-5-10(15)9(14)4-11(12)16/h4-5,7,18H,16H2,1-3H3. The van der Waals surface area contributed by atoms with Gasteiger partial charge in [-0.3, -0.25) is 0 Å². The average molecular weight is 344 g/mol. The Morgan fingerprint density at radius 2 is 2.11 bits per heavy atom. The van der Waals surface area contributed by atoms with Crippen LogP contribution >= 0.6 is 27.3 Å². The summed E-state index contributed by atoms with van der Waals surface area (Å²) < 4.78 is 13.9. The lowest BCUT2D eigenvalue weighted by Gasteiger charge is -2.16. The molecular formula is C13H15BrFN3S. The summed E-state index contributed by atoms with van der Waals surface area (Å²) in [4.78, 5) is 5.53. The third-order valence-electron chi connectivity index (χ3n) is 2.80. The molecule has 0 fully saturated rings. The van der Waals surface area contributed by atoms with E-state index in [4.69, 9.17) is 5.73 Å². The van der Waals surface area contributed by atoms with Crippen molar-refractivity contribution in [3.8, 4) is 0 Å². The molecule has 0 spiro atoms. The molecule has 0 amide bonds. The summed E-state index contributed by atoms with van der Waals surface area (Å²) in [7, 11) is 0. The molecule has 0 saturated heterocycles. The van der Waals surface area contributed by atoms with Crippen molar-refractivity contribution in [3.05, 3.63) is 38.0 Å². The predicted molar refractivity (Wildman–Crippen MR) is 82.1 cm³/mol. The molecule has 0 bridgehead atoms. The van der Waals surface area contributed by atoms with E-state index in [-0.39, 0.29) is 11.9 Å². The van der Waals surface area contributed by atoms with Crippen molar-refractivity contribution in [2.24, 2.45) is 0 Å². The molecule has 102 valence electrons. The van der Waals surface area contributed by atoms with Gasteiger partial charge in [0.2, 0.25) is 0 Å². The molecule has 0 saturated carbocycles. The number of hydrogen-bond donors (Lipinski definition) is 2. The maximum absolute atomic E-state index is 13.5. The molecule has 1 atom stereocenters. The van der Waals surface area contributed by atoms with Crippen molar-refractivity contribution in [3.63, 3.8) is 0 Å². The van der Waals surface area contributed by atoms with Gasteiger partial charge in [0.1, 0.15) is 5.82 Å². The quantitative estimate of drug-likeness (QED) is 0.811. The third kappa shape index (κ3) is 3.06. The molecule has 0 radical (unpaired) electrons. The lowest BCUT2D eigenvalue weighted by molar-refractivity contribution is 0.621. The van der Waals surface area contributed by atoms with Crippen molar-refractivity contribution < 1.29 is 4.39 Å². The number of nitrogens with zero attached hydrogens (tertiary/aromatic N) is 1. The van der Waals surface area contributed by atoms with Crippen LogP contribution in [0.2, 0.25) is 0 Å². The maximum Gasteiger partial charge on any atom is 0.139 e. The fraction of sp³-hybridized carbons (Fsp3) is 0.308. The molecule has 2 aromatic rings. The first-order valence-corrected chi connectivity index (χ1v) is 7.44. The van der Waals surface area contributed by atoms with Crippen LogP contribution in [0.25, 0.3) is 0 Å². The molecule has 0 aliphatic heterocycles. The van der Waals surface area contributed by atoms with E-state index in [0.717, 1.165) is 15.6 Å². The van der Waals surface area contributed by atoms with Crippen molar-refractivity contribution in [2.75, 3.05) is 11.1 Å². The van der Waals surface area contributed by atoms with Crippen LogP contribution in [-0.4, -0.2) is 4.98 Å². The van der Waals surface area contributed by atoms with Crippen LogP contribution < -0.4 is 11.1 Å². The van der Waals surface area contributed by atoms with Crippen LogP contribution in [0.4, 0.5) is 15.8 Å². The van der Waals surface area contributed by atoms with Crippen molar-refractivity contribution >= 4 is 38.6 Å². The van der Waals surface area contributed by atoms with Gasteiger partial charge in [-0.25, -0.2) is 9.37 Å². The first-order chi connectivity index (χ1) is 8.88. The Hall–Kier alpha value is -1.14. The lowest BCUT2D eigenvalue weighted by atomic mass is 10.2. The number of benzene rings is 1. The zero-order valence-corrected chi connectivity index (χ0v) is 13.3. The number of nitrogen functional groups attached to an aromatic ring is 1. The van der Waals surface area contributed by atoms with Crippen LogP contribution in [0, 0.1) is 19.7 Å². The first kappa shape index (κ1) is 14.3. The molecule has 1 aromatic carbocycles. The van der Waals surface area contributed by atoms with Crippen LogP contribution in [0.5, 0.6) is 0 Å². The Kier molecular flexibility index (Phi) is 4.10. The molecule has 19 heavy (non-hydrogen) atoms. The number of thiazole rings is 1. The molecule has 3 nitrogen and oxygen atoms in total. The second-order valence-electron chi connectivity index (χ2n) is 4.40. The van der Waals surface area contributed by atoms with Gasteiger partial charge in [0.15, 0.2) is 0 Å². The second kappa shape index (κ2) is 5.46. The molecule has 1 unspecified atom stereocenters. The number of anilines is 2. The van der Waals surface area contributed by atoms with Crippen molar-refractivity contribution in [1.82, 2.24) is 4.98 Å². The third-order valence-corrected chi connectivity index (χ3v) is 4.66. The number of hydrogen-bond acceptors (Lipinski definition) is 4. The maximum atomic E-state index is 13.5. The van der Waals surface area contributed by atoms with Crippen molar-refractivity contribution in [2.45, 2.75) is 26.8 Å². The smallest absolute Gasteiger partial charge is 0.139 e. The normalized spacial score (nSPS) is 12.5. The molecule has 1 aromatic heterocycles. The van der Waals surface area contributed by atoms with Crippen molar-refractivity contribution in [1.29, 1.82) is 0 Å². The Balaban J connectivity index is 2.26. The van der Waals surface area contributed by atoms with E-state index in [1.165, 1.54) is 6.07 Å². The van der Waals surface area contributed by atoms with Crippen LogP contribution in [0.3, 0.4) is 0 Å². The van der Waals surface area contributed by atoms with E-state index < -0.39 is 0 Å². The molecular weight excluding hydrogens is 329 g/mol. The van der Waals surface area contributed by atoms with Gasteiger partial charge in [0, 0.05) is 10.9 Å². The van der Waals surface area contributed by atoms with Crippen LogP contribution in [0.1, 0.15) is 28.5 Å². The summed E-state index contributed by atoms with van der Waals surface area (Å²) in [5, 5.41) is 4.26. The van der Waals surface area contributed by atoms with Gasteiger partial charge in [-0.1, -0.05) is 0 Å². The SMILES string of the molecule is Cc1nc(C)c(C(C)Nc2cc(F)c(Br)cc2N)s1. The van der Waals surface area contributed by atoms with Crippen LogP contribution in [0.15, 0.2) is 16.6 Å². The summed E-state index contributed by atoms with van der Waals surface area (Å²) in [6.45, 7) is 5.96. The number of nitrogens with one attached hydrogen (secondary N) is 1. The highest BCUT2D eigenvalue weighted by molar-refractivity contribution is 9.10. The highest BCUT2D eigenvalue weighted by Gasteiger charge is 2.15. The molecule has 1 heterocycles. The Bertz CT molecular complexity index is 612. The largest absolute Gasteiger partial charge is 0.397 e. The molecule has 2 rings (SSSR count). The fourth-order valence-electron chi connectivity index (χ4n) is 1.93. The van der Waals surface area contributed by atoms with E-state index in [0.29, 0.717) is 15.8 Å². The molecule has 0 aliphatic rings.